The van der Waals surface area contributed by atoms with Crippen LogP contribution < -0.4 is 0 Å². The van der Waals surface area contributed by atoms with Crippen LogP contribution in [0.15, 0.2) is 34.0 Å². The van der Waals surface area contributed by atoms with E-state index in [9.17, 15) is 0 Å². The van der Waals surface area contributed by atoms with Gasteiger partial charge < -0.3 is 5.11 Å². The van der Waals surface area contributed by atoms with Crippen LogP contribution in [0.5, 0.6) is 0 Å². The number of unbranched alkanes of at least 4 members (excludes halogenated alkanes) is 1. The first-order valence-electron chi connectivity index (χ1n) is 5.68. The number of allylic oxidation sites excluding steroid dienone is 1. The first kappa shape index (κ1) is 10.6. The van der Waals surface area contributed by atoms with Crippen molar-refractivity contribution in [1.82, 2.24) is 0 Å². The number of hydrogen-bond donors (Lipinski definition) is 1. The van der Waals surface area contributed by atoms with Crippen LogP contribution in [-0.4, -0.2) is 23.8 Å². The van der Waals surface area contributed by atoms with Crippen LogP contribution in [0.4, 0.5) is 0 Å². The summed E-state index contributed by atoms with van der Waals surface area (Å²) in [6.45, 7) is 3.89. The minimum absolute atomic E-state index is 0.118. The molecule has 0 spiro atoms. The second kappa shape index (κ2) is 4.71. The van der Waals surface area contributed by atoms with E-state index in [0.717, 1.165) is 24.8 Å². The van der Waals surface area contributed by atoms with Crippen LogP contribution in [-0.2, 0) is 0 Å². The molecule has 2 rings (SSSR count). The van der Waals surface area contributed by atoms with Crippen LogP contribution in [0, 0.1) is 0 Å². The van der Waals surface area contributed by atoms with Crippen molar-refractivity contribution in [3.05, 3.63) is 23.8 Å². The Bertz CT molecular complexity index is 291. The van der Waals surface area contributed by atoms with Gasteiger partial charge in [0.05, 0.1) is 18.7 Å². The lowest BCUT2D eigenvalue weighted by atomic mass is 10.1. The fourth-order valence-corrected chi connectivity index (χ4v) is 2.25. The average Bonchev–Trinajstić information content (AvgIpc) is 2.83. The predicted octanol–water partition coefficient (Wildman–Crippen LogP) is 2.63. The molecule has 2 atom stereocenters. The molecule has 2 aliphatic rings. The third-order valence-electron chi connectivity index (χ3n) is 3.17. The van der Waals surface area contributed by atoms with Crippen LogP contribution in [0.25, 0.3) is 0 Å². The van der Waals surface area contributed by atoms with Gasteiger partial charge in [0, 0.05) is 0 Å². The van der Waals surface area contributed by atoms with Gasteiger partial charge in [-0.15, -0.1) is 0 Å². The Morgan fingerprint density at radius 1 is 1.40 bits per heavy atom. The van der Waals surface area contributed by atoms with Crippen molar-refractivity contribution in [2.75, 3.05) is 6.61 Å². The Hall–Kier alpha value is -0.960. The van der Waals surface area contributed by atoms with Crippen molar-refractivity contribution in [1.29, 1.82) is 0 Å². The zero-order valence-electron chi connectivity index (χ0n) is 9.02. The molecule has 1 aliphatic carbocycles. The summed E-state index contributed by atoms with van der Waals surface area (Å²) >= 11 is 0. The largest absolute Gasteiger partial charge is 0.392 e. The molecule has 2 bridgehead atoms. The van der Waals surface area contributed by atoms with E-state index in [2.05, 4.69) is 22.9 Å². The molecule has 1 fully saturated rings. The van der Waals surface area contributed by atoms with Crippen LogP contribution >= 0.6 is 0 Å². The number of hydrogen-bond acceptors (Lipinski definition) is 3. The summed E-state index contributed by atoms with van der Waals surface area (Å²) in [6, 6.07) is 0.798. The summed E-state index contributed by atoms with van der Waals surface area (Å²) in [7, 11) is 0. The minimum Gasteiger partial charge on any atom is -0.392 e. The van der Waals surface area contributed by atoms with Gasteiger partial charge in [-0.3, -0.25) is 0 Å². The molecular weight excluding hydrogens is 188 g/mol. The number of rotatable bonds is 5. The maximum absolute atomic E-state index is 8.79. The zero-order chi connectivity index (χ0) is 10.7. The first-order valence-corrected chi connectivity index (χ1v) is 5.68. The Kier molecular flexibility index (Phi) is 3.31. The van der Waals surface area contributed by atoms with Crippen LogP contribution in [0.2, 0.25) is 0 Å². The summed E-state index contributed by atoms with van der Waals surface area (Å²) in [4.78, 5) is 0. The second-order valence-electron chi connectivity index (χ2n) is 4.34. The van der Waals surface area contributed by atoms with Crippen LogP contribution in [0.3, 0.4) is 0 Å². The normalized spacial score (nSPS) is 30.3. The average molecular weight is 206 g/mol. The van der Waals surface area contributed by atoms with Crippen molar-refractivity contribution >= 4 is 0 Å². The van der Waals surface area contributed by atoms with Gasteiger partial charge in [-0.05, 0) is 37.7 Å². The molecule has 0 unspecified atom stereocenters. The van der Waals surface area contributed by atoms with Gasteiger partial charge in [-0.2, -0.15) is 10.2 Å². The Balaban J connectivity index is 1.74. The van der Waals surface area contributed by atoms with E-state index < -0.39 is 0 Å². The summed E-state index contributed by atoms with van der Waals surface area (Å²) in [6.07, 6.45) is 7.72. The highest BCUT2D eigenvalue weighted by atomic mass is 16.3. The molecule has 82 valence electrons. The van der Waals surface area contributed by atoms with Gasteiger partial charge in [0.1, 0.15) is 0 Å². The minimum atomic E-state index is 0.118. The first-order chi connectivity index (χ1) is 7.31. The summed E-state index contributed by atoms with van der Waals surface area (Å²) in [5.74, 6) is 0. The molecule has 0 saturated heterocycles. The number of aliphatic hydroxyl groups excluding tert-OH is 1. The molecule has 3 nitrogen and oxygen atoms in total. The molecule has 1 heterocycles. The number of azo groups is 1. The van der Waals surface area contributed by atoms with Gasteiger partial charge in [0.2, 0.25) is 0 Å². The van der Waals surface area contributed by atoms with Gasteiger partial charge in [-0.25, -0.2) is 0 Å². The van der Waals surface area contributed by atoms with Crippen molar-refractivity contribution in [2.24, 2.45) is 10.2 Å². The fraction of sp³-hybridized carbons (Fsp3) is 0.667. The fourth-order valence-electron chi connectivity index (χ4n) is 2.25. The summed E-state index contributed by atoms with van der Waals surface area (Å²) < 4.78 is 0. The number of nitrogens with zero attached hydrogens (tertiary/aromatic N) is 2. The van der Waals surface area contributed by atoms with E-state index >= 15 is 0 Å². The number of aliphatic hydroxyl groups is 1. The smallest absolute Gasteiger partial charge is 0.0940 e. The quantitative estimate of drug-likeness (QED) is 0.545. The maximum Gasteiger partial charge on any atom is 0.0940 e. The summed E-state index contributed by atoms with van der Waals surface area (Å²) in [5, 5.41) is 17.2. The summed E-state index contributed by atoms with van der Waals surface area (Å²) in [5.41, 5.74) is 2.36. The molecule has 0 aromatic carbocycles. The molecule has 0 aromatic heterocycles. The third-order valence-corrected chi connectivity index (χ3v) is 3.17. The van der Waals surface area contributed by atoms with Gasteiger partial charge in [0.15, 0.2) is 0 Å². The molecule has 3 heteroatoms. The van der Waals surface area contributed by atoms with E-state index in [-0.39, 0.29) is 6.61 Å². The van der Waals surface area contributed by atoms with Crippen molar-refractivity contribution in [2.45, 2.75) is 44.2 Å². The van der Waals surface area contributed by atoms with Crippen molar-refractivity contribution in [3.63, 3.8) is 0 Å². The lowest BCUT2D eigenvalue weighted by Crippen LogP contribution is -1.99. The topological polar surface area (TPSA) is 45.0 Å². The maximum atomic E-state index is 8.79. The van der Waals surface area contributed by atoms with Crippen LogP contribution in [0.1, 0.15) is 32.1 Å². The Morgan fingerprint density at radius 3 is 2.60 bits per heavy atom. The SMILES string of the molecule is C=C(CO)CCCC=C1[C@@H]2CC[C@H]1N=N2. The van der Waals surface area contributed by atoms with Gasteiger partial charge in [-0.1, -0.05) is 18.2 Å². The lowest BCUT2D eigenvalue weighted by Gasteiger charge is -2.02. The second-order valence-corrected chi connectivity index (χ2v) is 4.34. The molecule has 1 saturated carbocycles. The molecule has 0 amide bonds. The highest BCUT2D eigenvalue weighted by molar-refractivity contribution is 5.26. The molecule has 0 radical (unpaired) electrons. The Labute approximate surface area is 90.6 Å². The Morgan fingerprint density at radius 2 is 2.07 bits per heavy atom. The van der Waals surface area contributed by atoms with Gasteiger partial charge >= 0.3 is 0 Å². The van der Waals surface area contributed by atoms with E-state index in [1.54, 1.807) is 0 Å². The van der Waals surface area contributed by atoms with E-state index in [1.165, 1.54) is 18.4 Å². The zero-order valence-corrected chi connectivity index (χ0v) is 9.02. The predicted molar refractivity (Wildman–Crippen MR) is 59.8 cm³/mol. The molecule has 0 aromatic rings. The lowest BCUT2D eigenvalue weighted by molar-refractivity contribution is 0.326. The van der Waals surface area contributed by atoms with E-state index in [0.29, 0.717) is 12.1 Å². The molecule has 15 heavy (non-hydrogen) atoms. The van der Waals surface area contributed by atoms with Gasteiger partial charge in [0.25, 0.3) is 0 Å². The molecule has 1 N–H and O–H groups in total. The van der Waals surface area contributed by atoms with E-state index in [1.807, 2.05) is 0 Å². The highest BCUT2D eigenvalue weighted by Gasteiger charge is 2.34. The standard InChI is InChI=1S/C12H18N2O/c1-9(8-15)4-2-3-5-10-11-6-7-12(10)14-13-11/h5,11-12,15H,1-4,6-8H2/t11-,12+. The molecular formula is C12H18N2O. The third kappa shape index (κ3) is 2.34. The number of fused-ring (bicyclic) bond motifs is 2. The monoisotopic (exact) mass is 206 g/mol. The van der Waals surface area contributed by atoms with E-state index in [4.69, 9.17) is 5.11 Å². The van der Waals surface area contributed by atoms with Crippen molar-refractivity contribution in [3.8, 4) is 0 Å². The highest BCUT2D eigenvalue weighted by Crippen LogP contribution is 2.37. The van der Waals surface area contributed by atoms with Crippen molar-refractivity contribution < 1.29 is 5.11 Å². The molecule has 1 aliphatic heterocycles.